The predicted octanol–water partition coefficient (Wildman–Crippen LogP) is 0.474. The lowest BCUT2D eigenvalue weighted by Crippen LogP contribution is -2.32. The summed E-state index contributed by atoms with van der Waals surface area (Å²) in [5, 5.41) is 7.73. The Labute approximate surface area is 85.5 Å². The van der Waals surface area contributed by atoms with E-state index in [2.05, 4.69) is 24.3 Å². The zero-order valence-electron chi connectivity index (χ0n) is 9.46. The summed E-state index contributed by atoms with van der Waals surface area (Å²) < 4.78 is 1.92. The highest BCUT2D eigenvalue weighted by atomic mass is 15.3. The number of nitrogens with zero attached hydrogens (tertiary/aromatic N) is 2. The zero-order chi connectivity index (χ0) is 10.7. The van der Waals surface area contributed by atoms with Crippen LogP contribution in [0, 0.1) is 13.8 Å². The van der Waals surface area contributed by atoms with Crippen molar-refractivity contribution >= 4 is 0 Å². The SMILES string of the molecule is Cc1nn(C)c(C)c1CNC(C)CN. The molecule has 0 radical (unpaired) electrons. The molecule has 0 aliphatic heterocycles. The van der Waals surface area contributed by atoms with Gasteiger partial charge in [0, 0.05) is 37.4 Å². The highest BCUT2D eigenvalue weighted by Gasteiger charge is 2.09. The summed E-state index contributed by atoms with van der Waals surface area (Å²) in [5.74, 6) is 0. The number of hydrogen-bond acceptors (Lipinski definition) is 3. The topological polar surface area (TPSA) is 55.9 Å². The van der Waals surface area contributed by atoms with E-state index in [1.165, 1.54) is 11.3 Å². The molecule has 1 rings (SSSR count). The molecule has 1 aromatic rings. The van der Waals surface area contributed by atoms with Crippen molar-refractivity contribution in [2.24, 2.45) is 12.8 Å². The lowest BCUT2D eigenvalue weighted by molar-refractivity contribution is 0.554. The zero-order valence-corrected chi connectivity index (χ0v) is 9.46. The highest BCUT2D eigenvalue weighted by Crippen LogP contribution is 2.11. The molecule has 4 heteroatoms. The van der Waals surface area contributed by atoms with Gasteiger partial charge in [-0.15, -0.1) is 0 Å². The Morgan fingerprint density at radius 3 is 2.57 bits per heavy atom. The maximum atomic E-state index is 5.53. The van der Waals surface area contributed by atoms with Gasteiger partial charge in [0.05, 0.1) is 5.69 Å². The van der Waals surface area contributed by atoms with Crippen LogP contribution in [0.5, 0.6) is 0 Å². The van der Waals surface area contributed by atoms with Gasteiger partial charge in [-0.25, -0.2) is 0 Å². The summed E-state index contributed by atoms with van der Waals surface area (Å²) in [7, 11) is 1.97. The Balaban J connectivity index is 2.67. The summed E-state index contributed by atoms with van der Waals surface area (Å²) in [6, 6.07) is 0.356. The molecule has 1 aromatic heterocycles. The normalized spacial score (nSPS) is 13.2. The van der Waals surface area contributed by atoms with Crippen molar-refractivity contribution in [1.29, 1.82) is 0 Å². The molecule has 4 nitrogen and oxygen atoms in total. The molecule has 80 valence electrons. The number of hydrogen-bond donors (Lipinski definition) is 2. The fraction of sp³-hybridized carbons (Fsp3) is 0.700. The van der Waals surface area contributed by atoms with Crippen molar-refractivity contribution in [2.75, 3.05) is 6.54 Å². The minimum atomic E-state index is 0.356. The fourth-order valence-electron chi connectivity index (χ4n) is 1.43. The van der Waals surface area contributed by atoms with Crippen molar-refractivity contribution in [3.63, 3.8) is 0 Å². The molecule has 14 heavy (non-hydrogen) atoms. The molecule has 0 aliphatic rings. The second kappa shape index (κ2) is 4.57. The molecule has 0 saturated carbocycles. The second-order valence-electron chi connectivity index (χ2n) is 3.79. The Bertz CT molecular complexity index is 303. The lowest BCUT2D eigenvalue weighted by Gasteiger charge is -2.11. The molecule has 0 saturated heterocycles. The molecule has 0 spiro atoms. The largest absolute Gasteiger partial charge is 0.329 e. The molecule has 0 bridgehead atoms. The molecular formula is C10H20N4. The Morgan fingerprint density at radius 1 is 1.50 bits per heavy atom. The summed E-state index contributed by atoms with van der Waals surface area (Å²) >= 11 is 0. The van der Waals surface area contributed by atoms with Gasteiger partial charge >= 0.3 is 0 Å². The van der Waals surface area contributed by atoms with Crippen LogP contribution in [-0.4, -0.2) is 22.4 Å². The van der Waals surface area contributed by atoms with Crippen molar-refractivity contribution in [3.8, 4) is 0 Å². The van der Waals surface area contributed by atoms with Crippen LogP contribution in [0.4, 0.5) is 0 Å². The van der Waals surface area contributed by atoms with E-state index in [-0.39, 0.29) is 0 Å². The molecule has 1 unspecified atom stereocenters. The minimum absolute atomic E-state index is 0.356. The van der Waals surface area contributed by atoms with Gasteiger partial charge in [0.2, 0.25) is 0 Å². The fourth-order valence-corrected chi connectivity index (χ4v) is 1.43. The number of rotatable bonds is 4. The number of aromatic nitrogens is 2. The van der Waals surface area contributed by atoms with Crippen LogP contribution in [-0.2, 0) is 13.6 Å². The molecule has 1 heterocycles. The smallest absolute Gasteiger partial charge is 0.0641 e. The second-order valence-corrected chi connectivity index (χ2v) is 3.79. The van der Waals surface area contributed by atoms with E-state index in [1.807, 2.05) is 18.7 Å². The van der Waals surface area contributed by atoms with E-state index in [1.54, 1.807) is 0 Å². The van der Waals surface area contributed by atoms with Gasteiger partial charge in [-0.3, -0.25) is 4.68 Å². The molecule has 0 aliphatic carbocycles. The van der Waals surface area contributed by atoms with Crippen LogP contribution in [0.3, 0.4) is 0 Å². The van der Waals surface area contributed by atoms with Gasteiger partial charge < -0.3 is 11.1 Å². The molecular weight excluding hydrogens is 176 g/mol. The van der Waals surface area contributed by atoms with E-state index < -0.39 is 0 Å². The van der Waals surface area contributed by atoms with Gasteiger partial charge in [0.15, 0.2) is 0 Å². The van der Waals surface area contributed by atoms with Gasteiger partial charge in [-0.05, 0) is 20.8 Å². The minimum Gasteiger partial charge on any atom is -0.329 e. The number of aryl methyl sites for hydroxylation is 2. The van der Waals surface area contributed by atoms with E-state index in [0.717, 1.165) is 12.2 Å². The van der Waals surface area contributed by atoms with Crippen LogP contribution < -0.4 is 11.1 Å². The molecule has 0 aromatic carbocycles. The quantitative estimate of drug-likeness (QED) is 0.736. The average Bonchev–Trinajstić information content (AvgIpc) is 2.39. The van der Waals surface area contributed by atoms with Gasteiger partial charge in [-0.2, -0.15) is 5.10 Å². The highest BCUT2D eigenvalue weighted by molar-refractivity contribution is 5.24. The number of nitrogens with one attached hydrogen (secondary N) is 1. The van der Waals surface area contributed by atoms with Crippen LogP contribution in [0.2, 0.25) is 0 Å². The molecule has 0 fully saturated rings. The summed E-state index contributed by atoms with van der Waals surface area (Å²) in [5.41, 5.74) is 9.14. The molecule has 1 atom stereocenters. The van der Waals surface area contributed by atoms with Crippen molar-refractivity contribution in [2.45, 2.75) is 33.4 Å². The summed E-state index contributed by atoms with van der Waals surface area (Å²) in [6.45, 7) is 7.73. The van der Waals surface area contributed by atoms with E-state index in [9.17, 15) is 0 Å². The Morgan fingerprint density at radius 2 is 2.14 bits per heavy atom. The predicted molar refractivity (Wildman–Crippen MR) is 58.0 cm³/mol. The van der Waals surface area contributed by atoms with Crippen LogP contribution in [0.15, 0.2) is 0 Å². The standard InChI is InChI=1S/C10H20N4/c1-7(5-11)12-6-10-8(2)13-14(4)9(10)3/h7,12H,5-6,11H2,1-4H3. The van der Waals surface area contributed by atoms with Crippen molar-refractivity contribution in [3.05, 3.63) is 17.0 Å². The first kappa shape index (κ1) is 11.2. The van der Waals surface area contributed by atoms with Crippen LogP contribution >= 0.6 is 0 Å². The van der Waals surface area contributed by atoms with E-state index >= 15 is 0 Å². The summed E-state index contributed by atoms with van der Waals surface area (Å²) in [6.07, 6.45) is 0. The first-order valence-corrected chi connectivity index (χ1v) is 4.98. The van der Waals surface area contributed by atoms with E-state index in [4.69, 9.17) is 5.73 Å². The third kappa shape index (κ3) is 2.33. The maximum absolute atomic E-state index is 5.53. The lowest BCUT2D eigenvalue weighted by atomic mass is 10.2. The van der Waals surface area contributed by atoms with Crippen molar-refractivity contribution < 1.29 is 0 Å². The van der Waals surface area contributed by atoms with Crippen molar-refractivity contribution in [1.82, 2.24) is 15.1 Å². The average molecular weight is 196 g/mol. The Hall–Kier alpha value is -0.870. The Kier molecular flexibility index (Phi) is 3.66. The van der Waals surface area contributed by atoms with Crippen LogP contribution in [0.25, 0.3) is 0 Å². The third-order valence-electron chi connectivity index (χ3n) is 2.64. The first-order chi connectivity index (χ1) is 6.56. The van der Waals surface area contributed by atoms with E-state index in [0.29, 0.717) is 12.6 Å². The molecule has 0 amide bonds. The summed E-state index contributed by atoms with van der Waals surface area (Å²) in [4.78, 5) is 0. The van der Waals surface area contributed by atoms with Gasteiger partial charge in [-0.1, -0.05) is 0 Å². The van der Waals surface area contributed by atoms with Gasteiger partial charge in [0.25, 0.3) is 0 Å². The van der Waals surface area contributed by atoms with Gasteiger partial charge in [0.1, 0.15) is 0 Å². The third-order valence-corrected chi connectivity index (χ3v) is 2.64. The monoisotopic (exact) mass is 196 g/mol. The first-order valence-electron chi connectivity index (χ1n) is 4.98. The maximum Gasteiger partial charge on any atom is 0.0641 e. The van der Waals surface area contributed by atoms with Crippen LogP contribution in [0.1, 0.15) is 23.9 Å². The number of nitrogens with two attached hydrogens (primary N) is 1. The molecule has 3 N–H and O–H groups in total.